The van der Waals surface area contributed by atoms with E-state index in [0.717, 1.165) is 9.77 Å². The summed E-state index contributed by atoms with van der Waals surface area (Å²) in [7, 11) is 0. The van der Waals surface area contributed by atoms with E-state index in [1.54, 1.807) is 60.7 Å². The van der Waals surface area contributed by atoms with Crippen molar-refractivity contribution in [1.82, 2.24) is 5.32 Å². The summed E-state index contributed by atoms with van der Waals surface area (Å²) >= 11 is 2.76. The summed E-state index contributed by atoms with van der Waals surface area (Å²) in [4.78, 5) is 40.4. The zero-order valence-electron chi connectivity index (χ0n) is 21.0. The molecule has 1 unspecified atom stereocenters. The van der Waals surface area contributed by atoms with Gasteiger partial charge in [-0.25, -0.2) is 4.39 Å². The van der Waals surface area contributed by atoms with Crippen molar-refractivity contribution in [1.29, 1.82) is 0 Å². The molecule has 3 amide bonds. The third-order valence-corrected chi connectivity index (χ3v) is 7.70. The van der Waals surface area contributed by atoms with Gasteiger partial charge in [-0.3, -0.25) is 14.4 Å². The Balaban J connectivity index is 1.47. The quantitative estimate of drug-likeness (QED) is 0.147. The molecule has 0 saturated heterocycles. The molecule has 6 nitrogen and oxygen atoms in total. The number of carbonyl (C=O) groups excluding carboxylic acids is 3. The highest BCUT2D eigenvalue weighted by Crippen LogP contribution is 2.29. The number of hydrogen-bond acceptors (Lipinski definition) is 5. The Morgan fingerprint density at radius 2 is 1.69 bits per heavy atom. The Morgan fingerprint density at radius 1 is 0.923 bits per heavy atom. The first-order valence-corrected chi connectivity index (χ1v) is 13.9. The standard InChI is InChI=1S/C30H26FN3O3S2/c1-2-27(30(37)33-25-16-7-6-15-24(25)31)39-23-13-8-12-21(18-23)32-29(36)26(19-22-14-9-17-38-22)34-28(35)20-10-4-3-5-11-20/h3-19,27H,2H2,1H3,(H,32,36)(H,33,37)(H,34,35)/b26-19-. The Kier molecular flexibility index (Phi) is 9.66. The van der Waals surface area contributed by atoms with Crippen molar-refractivity contribution >= 4 is 58.3 Å². The topological polar surface area (TPSA) is 87.3 Å². The molecule has 1 aromatic heterocycles. The molecule has 0 aliphatic carbocycles. The van der Waals surface area contributed by atoms with Crippen molar-refractivity contribution in [3.63, 3.8) is 0 Å². The van der Waals surface area contributed by atoms with Crippen LogP contribution < -0.4 is 16.0 Å². The van der Waals surface area contributed by atoms with Crippen LogP contribution in [0.5, 0.6) is 0 Å². The zero-order chi connectivity index (χ0) is 27.6. The van der Waals surface area contributed by atoms with Crippen molar-refractivity contribution in [2.75, 3.05) is 10.6 Å². The number of rotatable bonds is 10. The number of hydrogen-bond donors (Lipinski definition) is 3. The Labute approximate surface area is 234 Å². The number of thioether (sulfide) groups is 1. The third-order valence-electron chi connectivity index (χ3n) is 5.52. The van der Waals surface area contributed by atoms with Gasteiger partial charge in [-0.05, 0) is 66.4 Å². The van der Waals surface area contributed by atoms with E-state index in [1.807, 2.05) is 36.6 Å². The molecule has 0 spiro atoms. The van der Waals surface area contributed by atoms with Crippen LogP contribution in [0.3, 0.4) is 0 Å². The van der Waals surface area contributed by atoms with Gasteiger partial charge in [0.05, 0.1) is 10.9 Å². The second-order valence-electron chi connectivity index (χ2n) is 8.36. The van der Waals surface area contributed by atoms with Crippen LogP contribution in [0, 0.1) is 5.82 Å². The van der Waals surface area contributed by atoms with Crippen molar-refractivity contribution < 1.29 is 18.8 Å². The summed E-state index contributed by atoms with van der Waals surface area (Å²) in [5.74, 6) is -1.70. The van der Waals surface area contributed by atoms with Crippen molar-refractivity contribution in [2.24, 2.45) is 0 Å². The van der Waals surface area contributed by atoms with Gasteiger partial charge in [0.25, 0.3) is 11.8 Å². The maximum atomic E-state index is 14.0. The number of para-hydroxylation sites is 1. The molecule has 4 aromatic rings. The number of carbonyl (C=O) groups is 3. The molecule has 9 heteroatoms. The molecule has 3 N–H and O–H groups in total. The van der Waals surface area contributed by atoms with Gasteiger partial charge in [-0.2, -0.15) is 0 Å². The van der Waals surface area contributed by atoms with Crippen LogP contribution >= 0.6 is 23.1 Å². The van der Waals surface area contributed by atoms with Gasteiger partial charge in [0.2, 0.25) is 5.91 Å². The van der Waals surface area contributed by atoms with Crippen molar-refractivity contribution in [3.05, 3.63) is 118 Å². The summed E-state index contributed by atoms with van der Waals surface area (Å²) < 4.78 is 14.0. The second kappa shape index (κ2) is 13.5. The molecule has 0 radical (unpaired) electrons. The van der Waals surface area contributed by atoms with Crippen LogP contribution in [0.1, 0.15) is 28.6 Å². The number of anilines is 2. The predicted octanol–water partition coefficient (Wildman–Crippen LogP) is 6.81. The molecule has 1 heterocycles. The van der Waals surface area contributed by atoms with Crippen LogP contribution in [-0.2, 0) is 9.59 Å². The van der Waals surface area contributed by atoms with Crippen LogP contribution in [-0.4, -0.2) is 23.0 Å². The fourth-order valence-corrected chi connectivity index (χ4v) is 5.24. The zero-order valence-corrected chi connectivity index (χ0v) is 22.7. The molecule has 0 aliphatic rings. The first kappa shape index (κ1) is 27.8. The average Bonchev–Trinajstić information content (AvgIpc) is 3.46. The Morgan fingerprint density at radius 3 is 2.41 bits per heavy atom. The third kappa shape index (κ3) is 7.89. The van der Waals surface area contributed by atoms with E-state index in [4.69, 9.17) is 0 Å². The minimum atomic E-state index is -0.499. The summed E-state index contributed by atoms with van der Waals surface area (Å²) in [5, 5.41) is 9.61. The van der Waals surface area contributed by atoms with E-state index in [0.29, 0.717) is 17.7 Å². The lowest BCUT2D eigenvalue weighted by molar-refractivity contribution is -0.116. The highest BCUT2D eigenvalue weighted by Gasteiger charge is 2.20. The average molecular weight is 560 g/mol. The summed E-state index contributed by atoms with van der Waals surface area (Å²) in [5.41, 5.74) is 1.16. The van der Waals surface area contributed by atoms with Crippen molar-refractivity contribution in [2.45, 2.75) is 23.5 Å². The minimum Gasteiger partial charge on any atom is -0.323 e. The molecule has 39 heavy (non-hydrogen) atoms. The monoisotopic (exact) mass is 559 g/mol. The van der Waals surface area contributed by atoms with Gasteiger partial charge in [-0.15, -0.1) is 23.1 Å². The maximum Gasteiger partial charge on any atom is 0.272 e. The van der Waals surface area contributed by atoms with E-state index in [1.165, 1.54) is 35.2 Å². The van der Waals surface area contributed by atoms with Gasteiger partial charge in [0.1, 0.15) is 11.5 Å². The van der Waals surface area contributed by atoms with E-state index in [2.05, 4.69) is 16.0 Å². The molecular weight excluding hydrogens is 533 g/mol. The van der Waals surface area contributed by atoms with Gasteiger partial charge in [0, 0.05) is 21.0 Å². The minimum absolute atomic E-state index is 0.0973. The largest absolute Gasteiger partial charge is 0.323 e. The number of benzene rings is 3. The Bertz CT molecular complexity index is 1470. The highest BCUT2D eigenvalue weighted by atomic mass is 32.2. The first-order valence-electron chi connectivity index (χ1n) is 12.2. The normalized spacial score (nSPS) is 11.9. The van der Waals surface area contributed by atoms with Crippen LogP contribution in [0.4, 0.5) is 15.8 Å². The molecule has 0 fully saturated rings. The van der Waals surface area contributed by atoms with Gasteiger partial charge in [-0.1, -0.05) is 49.4 Å². The van der Waals surface area contributed by atoms with Crippen LogP contribution in [0.2, 0.25) is 0 Å². The number of halogens is 1. The lowest BCUT2D eigenvalue weighted by atomic mass is 10.2. The summed E-state index contributed by atoms with van der Waals surface area (Å²) in [6, 6.07) is 25.5. The van der Waals surface area contributed by atoms with E-state index in [-0.39, 0.29) is 17.3 Å². The van der Waals surface area contributed by atoms with Gasteiger partial charge < -0.3 is 16.0 Å². The molecule has 3 aromatic carbocycles. The molecule has 0 saturated carbocycles. The van der Waals surface area contributed by atoms with E-state index < -0.39 is 22.9 Å². The Hall–Kier alpha value is -4.21. The molecule has 0 bridgehead atoms. The fraction of sp³-hybridized carbons (Fsp3) is 0.100. The van der Waals surface area contributed by atoms with Gasteiger partial charge >= 0.3 is 0 Å². The SMILES string of the molecule is CCC(Sc1cccc(NC(=O)/C(=C/c2cccs2)NC(=O)c2ccccc2)c1)C(=O)Nc1ccccc1F. The molecule has 0 aliphatic heterocycles. The lowest BCUT2D eigenvalue weighted by Gasteiger charge is -2.16. The van der Waals surface area contributed by atoms with Crippen LogP contribution in [0.15, 0.2) is 107 Å². The highest BCUT2D eigenvalue weighted by molar-refractivity contribution is 8.00. The molecule has 1 atom stereocenters. The molecule has 198 valence electrons. The summed E-state index contributed by atoms with van der Waals surface area (Å²) in [6.07, 6.45) is 2.14. The number of nitrogens with one attached hydrogen (secondary N) is 3. The summed E-state index contributed by atoms with van der Waals surface area (Å²) in [6.45, 7) is 1.88. The predicted molar refractivity (Wildman–Crippen MR) is 156 cm³/mol. The van der Waals surface area contributed by atoms with Gasteiger partial charge in [0.15, 0.2) is 0 Å². The van der Waals surface area contributed by atoms with E-state index >= 15 is 0 Å². The fourth-order valence-electron chi connectivity index (χ4n) is 3.57. The molecular formula is C30H26FN3O3S2. The number of amides is 3. The van der Waals surface area contributed by atoms with E-state index in [9.17, 15) is 18.8 Å². The maximum absolute atomic E-state index is 14.0. The lowest BCUT2D eigenvalue weighted by Crippen LogP contribution is -2.30. The van der Waals surface area contributed by atoms with Crippen LogP contribution in [0.25, 0.3) is 6.08 Å². The van der Waals surface area contributed by atoms with Crippen molar-refractivity contribution in [3.8, 4) is 0 Å². The second-order valence-corrected chi connectivity index (χ2v) is 10.6. The first-order chi connectivity index (χ1) is 18.9. The smallest absolute Gasteiger partial charge is 0.272 e. The molecule has 4 rings (SSSR count). The number of thiophene rings is 1.